The molecule has 2 fully saturated rings. The normalized spacial score (nSPS) is 23.5. The Kier molecular flexibility index (Phi) is 8.75. The molecule has 1 amide bonds. The second-order valence-corrected chi connectivity index (χ2v) is 14.6. The smallest absolute Gasteiger partial charge is 0.232 e. The van der Waals surface area contributed by atoms with Crippen molar-refractivity contribution >= 4 is 44.8 Å². The van der Waals surface area contributed by atoms with Gasteiger partial charge >= 0.3 is 0 Å². The third-order valence-corrected chi connectivity index (χ3v) is 10.2. The fraction of sp³-hybridized carbons (Fsp3) is 0.364. The van der Waals surface area contributed by atoms with E-state index in [1.165, 1.54) is 18.2 Å². The van der Waals surface area contributed by atoms with Crippen molar-refractivity contribution in [3.8, 4) is 0 Å². The molecule has 1 aliphatic carbocycles. The van der Waals surface area contributed by atoms with Gasteiger partial charge in [0.1, 0.15) is 5.82 Å². The van der Waals surface area contributed by atoms with E-state index in [2.05, 4.69) is 6.58 Å². The van der Waals surface area contributed by atoms with E-state index in [9.17, 15) is 13.2 Å². The van der Waals surface area contributed by atoms with Crippen LogP contribution in [0.4, 0.5) is 10.1 Å². The highest BCUT2D eigenvalue weighted by molar-refractivity contribution is 7.92. The van der Waals surface area contributed by atoms with Crippen LogP contribution in [0.3, 0.4) is 0 Å². The molecule has 4 unspecified atom stereocenters. The molecule has 5 nitrogen and oxygen atoms in total. The molecule has 0 radical (unpaired) electrons. The van der Waals surface area contributed by atoms with Crippen LogP contribution in [0.2, 0.25) is 10.0 Å². The lowest BCUT2D eigenvalue weighted by Gasteiger charge is -2.52. The first-order valence-electron chi connectivity index (χ1n) is 14.1. The fourth-order valence-electron chi connectivity index (χ4n) is 6.43. The molecular weight excluding hydrogens is 594 g/mol. The number of amides is 1. The number of nitrogens with zero attached hydrogens (tertiary/aromatic N) is 2. The van der Waals surface area contributed by atoms with Crippen molar-refractivity contribution in [1.82, 2.24) is 4.90 Å². The molecule has 1 saturated carbocycles. The Morgan fingerprint density at radius 3 is 2.33 bits per heavy atom. The van der Waals surface area contributed by atoms with E-state index in [-0.39, 0.29) is 30.0 Å². The van der Waals surface area contributed by atoms with Gasteiger partial charge in [-0.2, -0.15) is 0 Å². The molecule has 3 aromatic carbocycles. The summed E-state index contributed by atoms with van der Waals surface area (Å²) in [5, 5.41) is 1.17. The van der Waals surface area contributed by atoms with Crippen molar-refractivity contribution in [2.45, 2.75) is 50.6 Å². The van der Waals surface area contributed by atoms with Crippen LogP contribution in [0.25, 0.3) is 0 Å². The van der Waals surface area contributed by atoms with Gasteiger partial charge in [0.15, 0.2) is 0 Å². The maximum Gasteiger partial charge on any atom is 0.232 e. The highest BCUT2D eigenvalue weighted by Gasteiger charge is 2.54. The average Bonchev–Trinajstić information content (AvgIpc) is 3.77. The number of likely N-dealkylation sites (tertiary alicyclic amines) is 1. The lowest BCUT2D eigenvalue weighted by atomic mass is 9.67. The van der Waals surface area contributed by atoms with Crippen molar-refractivity contribution in [2.75, 3.05) is 17.1 Å². The summed E-state index contributed by atoms with van der Waals surface area (Å²) in [7, 11) is -3.89. The number of halogens is 3. The van der Waals surface area contributed by atoms with Crippen LogP contribution < -0.4 is 4.31 Å². The number of para-hydroxylation sites is 1. The number of allylic oxidation sites excluding steroid dienone is 1. The van der Waals surface area contributed by atoms with Crippen molar-refractivity contribution in [2.24, 2.45) is 11.3 Å². The Balaban J connectivity index is 1.70. The van der Waals surface area contributed by atoms with Gasteiger partial charge in [0.25, 0.3) is 0 Å². The van der Waals surface area contributed by atoms with Crippen LogP contribution in [0.15, 0.2) is 85.5 Å². The minimum Gasteiger partial charge on any atom is -0.329 e. The standard InChI is InChI=1S/C33H35Cl2FN2O3S/c1-4-18-33(2)20-27(24-8-7-9-26(35)19-24)31(23-14-16-25(34)17-15-23)38(32(33)39)30(22-12-13-22)21-37(42(3,40)41)29-11-6-5-10-28(29)36/h4-11,14-17,19,22,27,30-31H,1,12-13,18,20-21H2,2-3H3. The predicted octanol–water partition coefficient (Wildman–Crippen LogP) is 8.02. The number of hydrogen-bond donors (Lipinski definition) is 0. The summed E-state index contributed by atoms with van der Waals surface area (Å²) in [5.41, 5.74) is 1.05. The largest absolute Gasteiger partial charge is 0.329 e. The van der Waals surface area contributed by atoms with Crippen LogP contribution in [-0.4, -0.2) is 38.1 Å². The van der Waals surface area contributed by atoms with Gasteiger partial charge < -0.3 is 4.90 Å². The molecule has 222 valence electrons. The Bertz CT molecular complexity index is 1580. The van der Waals surface area contributed by atoms with Gasteiger partial charge in [-0.05, 0) is 79.1 Å². The Labute approximate surface area is 258 Å². The Morgan fingerprint density at radius 1 is 1.05 bits per heavy atom. The lowest BCUT2D eigenvalue weighted by Crippen LogP contribution is -2.59. The number of rotatable bonds is 10. The fourth-order valence-corrected chi connectivity index (χ4v) is 7.69. The number of carbonyl (C=O) groups is 1. The molecule has 3 aromatic rings. The first kappa shape index (κ1) is 30.6. The number of anilines is 1. The SMILES string of the molecule is C=CCC1(C)CC(c2cccc(Cl)c2)C(c2ccc(Cl)cc2)N(C(CN(c2ccccc2F)S(C)(=O)=O)C2CC2)C1=O. The van der Waals surface area contributed by atoms with Gasteiger partial charge in [-0.15, -0.1) is 6.58 Å². The third-order valence-electron chi connectivity index (χ3n) is 8.58. The first-order chi connectivity index (χ1) is 19.9. The van der Waals surface area contributed by atoms with Gasteiger partial charge in [-0.3, -0.25) is 9.10 Å². The summed E-state index contributed by atoms with van der Waals surface area (Å²) >= 11 is 12.8. The molecule has 5 rings (SSSR count). The zero-order valence-electron chi connectivity index (χ0n) is 23.7. The summed E-state index contributed by atoms with van der Waals surface area (Å²) in [6.45, 7) is 5.84. The minimum atomic E-state index is -3.89. The van der Waals surface area contributed by atoms with Crippen molar-refractivity contribution in [3.05, 3.63) is 112 Å². The molecule has 1 heterocycles. The second-order valence-electron chi connectivity index (χ2n) is 11.8. The zero-order chi connectivity index (χ0) is 30.2. The molecule has 0 spiro atoms. The van der Waals surface area contributed by atoms with E-state index < -0.39 is 33.3 Å². The van der Waals surface area contributed by atoms with E-state index in [4.69, 9.17) is 23.2 Å². The van der Waals surface area contributed by atoms with E-state index >= 15 is 4.39 Å². The number of piperidine rings is 1. The minimum absolute atomic E-state index is 0.0293. The maximum absolute atomic E-state index is 15.1. The summed E-state index contributed by atoms with van der Waals surface area (Å²) in [6.07, 6.45) is 5.53. The molecule has 0 N–H and O–H groups in total. The monoisotopic (exact) mass is 628 g/mol. The van der Waals surface area contributed by atoms with Gasteiger partial charge in [0, 0.05) is 16.0 Å². The molecule has 42 heavy (non-hydrogen) atoms. The van der Waals surface area contributed by atoms with Crippen molar-refractivity contribution < 1.29 is 17.6 Å². The Hall–Kier alpha value is -2.87. The number of hydrogen-bond acceptors (Lipinski definition) is 3. The van der Waals surface area contributed by atoms with Gasteiger partial charge in [0.05, 0.1) is 36.0 Å². The average molecular weight is 630 g/mol. The number of sulfonamides is 1. The molecule has 4 atom stereocenters. The van der Waals surface area contributed by atoms with E-state index in [1.807, 2.05) is 48.2 Å². The third kappa shape index (κ3) is 6.24. The summed E-state index contributed by atoms with van der Waals surface area (Å²) < 4.78 is 42.5. The molecule has 2 aliphatic rings. The first-order valence-corrected chi connectivity index (χ1v) is 16.7. The molecular formula is C33H35Cl2FN2O3S. The van der Waals surface area contributed by atoms with Crippen LogP contribution in [0.1, 0.15) is 55.7 Å². The summed E-state index contributed by atoms with van der Waals surface area (Å²) in [6, 6.07) is 20.1. The zero-order valence-corrected chi connectivity index (χ0v) is 26.0. The van der Waals surface area contributed by atoms with Crippen LogP contribution in [-0.2, 0) is 14.8 Å². The van der Waals surface area contributed by atoms with Crippen LogP contribution in [0, 0.1) is 17.2 Å². The van der Waals surface area contributed by atoms with Crippen molar-refractivity contribution in [3.63, 3.8) is 0 Å². The molecule has 0 bridgehead atoms. The molecule has 1 aliphatic heterocycles. The number of benzene rings is 3. The van der Waals surface area contributed by atoms with E-state index in [0.29, 0.717) is 22.9 Å². The van der Waals surface area contributed by atoms with Gasteiger partial charge in [0.2, 0.25) is 15.9 Å². The van der Waals surface area contributed by atoms with E-state index in [0.717, 1.165) is 34.5 Å². The summed E-state index contributed by atoms with van der Waals surface area (Å²) in [4.78, 5) is 16.6. The summed E-state index contributed by atoms with van der Waals surface area (Å²) in [5.74, 6) is -0.802. The van der Waals surface area contributed by atoms with Crippen LogP contribution in [0.5, 0.6) is 0 Å². The predicted molar refractivity (Wildman–Crippen MR) is 168 cm³/mol. The van der Waals surface area contributed by atoms with E-state index in [1.54, 1.807) is 24.3 Å². The quantitative estimate of drug-likeness (QED) is 0.214. The maximum atomic E-state index is 15.1. The lowest BCUT2D eigenvalue weighted by molar-refractivity contribution is -0.154. The topological polar surface area (TPSA) is 57.7 Å². The second kappa shape index (κ2) is 12.0. The van der Waals surface area contributed by atoms with Gasteiger partial charge in [-0.25, -0.2) is 12.8 Å². The molecule has 1 saturated heterocycles. The highest BCUT2D eigenvalue weighted by atomic mass is 35.5. The van der Waals surface area contributed by atoms with Crippen LogP contribution >= 0.6 is 23.2 Å². The Morgan fingerprint density at radius 2 is 1.74 bits per heavy atom. The highest BCUT2D eigenvalue weighted by Crippen LogP contribution is 2.54. The van der Waals surface area contributed by atoms with Crippen molar-refractivity contribution in [1.29, 1.82) is 0 Å². The molecule has 9 heteroatoms. The number of carbonyl (C=O) groups excluding carboxylic acids is 1. The van der Waals surface area contributed by atoms with Gasteiger partial charge in [-0.1, -0.05) is 72.6 Å². The molecule has 0 aromatic heterocycles.